The summed E-state index contributed by atoms with van der Waals surface area (Å²) in [5.41, 5.74) is -1.39. The molecule has 1 aliphatic rings. The van der Waals surface area contributed by atoms with Gasteiger partial charge < -0.3 is 10.6 Å². The van der Waals surface area contributed by atoms with Gasteiger partial charge in [-0.15, -0.1) is 0 Å². The SMILES string of the molecule is N#Cc1nn(C(F)F)cc1C(=O)N[C@@H]1CCC[C@H](Nc2cc(C(F)(F)F)nc3ccc(Cl)cc23)C1. The number of amides is 1. The number of nitriles is 1. The van der Waals surface area contributed by atoms with Crippen molar-refractivity contribution in [3.63, 3.8) is 0 Å². The molecule has 35 heavy (non-hydrogen) atoms. The van der Waals surface area contributed by atoms with Gasteiger partial charge in [-0.3, -0.25) is 4.79 Å². The number of nitrogens with one attached hydrogen (secondary N) is 2. The van der Waals surface area contributed by atoms with Crippen LogP contribution in [-0.2, 0) is 6.18 Å². The monoisotopic (exact) mass is 512 g/mol. The second kappa shape index (κ2) is 9.65. The minimum absolute atomic E-state index is 0.132. The molecule has 0 aliphatic heterocycles. The molecule has 2 heterocycles. The van der Waals surface area contributed by atoms with Gasteiger partial charge in [0.25, 0.3) is 5.91 Å². The summed E-state index contributed by atoms with van der Waals surface area (Å²) in [7, 11) is 0. The van der Waals surface area contributed by atoms with Crippen LogP contribution in [0.2, 0.25) is 5.02 Å². The summed E-state index contributed by atoms with van der Waals surface area (Å²) in [5, 5.41) is 19.1. The standard InChI is InChI=1S/C22H18ClF5N6O/c23-11-4-5-16-14(6-11)17(8-19(32-16)22(26,27)28)30-12-2-1-3-13(7-12)31-20(35)15-10-34(21(24)25)33-18(15)9-29/h4-6,8,10,12-13,21H,1-3,7H2,(H,30,32)(H,31,35)/t12-,13+/m0/s1. The highest BCUT2D eigenvalue weighted by Crippen LogP contribution is 2.35. The van der Waals surface area contributed by atoms with Gasteiger partial charge in [-0.25, -0.2) is 9.67 Å². The summed E-state index contributed by atoms with van der Waals surface area (Å²) in [6.07, 6.45) is -1.62. The van der Waals surface area contributed by atoms with Crippen LogP contribution in [0.25, 0.3) is 10.9 Å². The average Bonchev–Trinajstić information content (AvgIpc) is 3.24. The summed E-state index contributed by atoms with van der Waals surface area (Å²) < 4.78 is 66.2. The van der Waals surface area contributed by atoms with Gasteiger partial charge in [-0.1, -0.05) is 11.6 Å². The molecule has 2 aromatic heterocycles. The largest absolute Gasteiger partial charge is 0.433 e. The van der Waals surface area contributed by atoms with Crippen molar-refractivity contribution in [1.82, 2.24) is 20.1 Å². The van der Waals surface area contributed by atoms with Crippen LogP contribution in [0.15, 0.2) is 30.5 Å². The van der Waals surface area contributed by atoms with E-state index >= 15 is 0 Å². The van der Waals surface area contributed by atoms with Crippen molar-refractivity contribution in [3.8, 4) is 6.07 Å². The maximum absolute atomic E-state index is 13.4. The molecule has 0 spiro atoms. The fourth-order valence-electron chi connectivity index (χ4n) is 4.14. The van der Waals surface area contributed by atoms with E-state index in [1.807, 2.05) is 0 Å². The number of nitrogens with zero attached hydrogens (tertiary/aromatic N) is 4. The molecule has 1 saturated carbocycles. The third kappa shape index (κ3) is 5.45. The summed E-state index contributed by atoms with van der Waals surface area (Å²) in [6, 6.07) is 6.26. The number of benzene rings is 1. The molecule has 2 N–H and O–H groups in total. The predicted molar refractivity (Wildman–Crippen MR) is 117 cm³/mol. The second-order valence-electron chi connectivity index (χ2n) is 8.15. The normalized spacial score (nSPS) is 18.5. The number of fused-ring (bicyclic) bond motifs is 1. The molecule has 184 valence electrons. The zero-order valence-corrected chi connectivity index (χ0v) is 18.7. The summed E-state index contributed by atoms with van der Waals surface area (Å²) >= 11 is 6.05. The highest BCUT2D eigenvalue weighted by molar-refractivity contribution is 6.31. The first-order valence-corrected chi connectivity index (χ1v) is 10.9. The molecule has 0 radical (unpaired) electrons. The zero-order chi connectivity index (χ0) is 25.3. The molecule has 1 aromatic carbocycles. The molecule has 0 bridgehead atoms. The van der Waals surface area contributed by atoms with E-state index in [1.54, 1.807) is 6.07 Å². The van der Waals surface area contributed by atoms with E-state index < -0.39 is 36.1 Å². The van der Waals surface area contributed by atoms with E-state index in [1.165, 1.54) is 18.2 Å². The summed E-state index contributed by atoms with van der Waals surface area (Å²) in [4.78, 5) is 16.3. The summed E-state index contributed by atoms with van der Waals surface area (Å²) in [6.45, 7) is -3.00. The minimum Gasteiger partial charge on any atom is -0.382 e. The van der Waals surface area contributed by atoms with Gasteiger partial charge in [0, 0.05) is 34.4 Å². The number of anilines is 1. The van der Waals surface area contributed by atoms with Crippen LogP contribution in [0, 0.1) is 11.3 Å². The molecule has 3 aromatic rings. The van der Waals surface area contributed by atoms with Gasteiger partial charge >= 0.3 is 12.7 Å². The van der Waals surface area contributed by atoms with Crippen molar-refractivity contribution < 1.29 is 26.7 Å². The maximum atomic E-state index is 13.4. The first-order valence-electron chi connectivity index (χ1n) is 10.6. The number of pyridine rings is 1. The molecule has 1 amide bonds. The van der Waals surface area contributed by atoms with Crippen LogP contribution in [0.3, 0.4) is 0 Å². The van der Waals surface area contributed by atoms with Gasteiger partial charge in [-0.05, 0) is 49.9 Å². The molecular weight excluding hydrogens is 495 g/mol. The van der Waals surface area contributed by atoms with Crippen LogP contribution in [0.1, 0.15) is 54.0 Å². The number of halogens is 6. The number of carbonyl (C=O) groups excluding carboxylic acids is 1. The maximum Gasteiger partial charge on any atom is 0.433 e. The van der Waals surface area contributed by atoms with Crippen molar-refractivity contribution in [2.24, 2.45) is 0 Å². The Morgan fingerprint density at radius 3 is 2.66 bits per heavy atom. The number of aromatic nitrogens is 3. The zero-order valence-electron chi connectivity index (χ0n) is 17.9. The topological polar surface area (TPSA) is 95.6 Å². The van der Waals surface area contributed by atoms with E-state index in [4.69, 9.17) is 16.9 Å². The number of carbonyl (C=O) groups is 1. The number of hydrogen-bond acceptors (Lipinski definition) is 5. The highest BCUT2D eigenvalue weighted by atomic mass is 35.5. The molecule has 1 fully saturated rings. The Kier molecular flexibility index (Phi) is 6.80. The van der Waals surface area contributed by atoms with E-state index in [9.17, 15) is 26.7 Å². The van der Waals surface area contributed by atoms with Gasteiger partial charge in [0.2, 0.25) is 0 Å². The van der Waals surface area contributed by atoms with Crippen LogP contribution in [0.5, 0.6) is 0 Å². The quantitative estimate of drug-likeness (QED) is 0.439. The molecule has 0 unspecified atom stereocenters. The lowest BCUT2D eigenvalue weighted by Gasteiger charge is -2.31. The van der Waals surface area contributed by atoms with Gasteiger partial charge in [0.05, 0.1) is 11.1 Å². The van der Waals surface area contributed by atoms with E-state index in [-0.39, 0.29) is 27.5 Å². The van der Waals surface area contributed by atoms with Gasteiger partial charge in [-0.2, -0.15) is 32.3 Å². The second-order valence-corrected chi connectivity index (χ2v) is 8.59. The lowest BCUT2D eigenvalue weighted by molar-refractivity contribution is -0.140. The Labute approximate surface area is 200 Å². The smallest absolute Gasteiger partial charge is 0.382 e. The van der Waals surface area contributed by atoms with Crippen molar-refractivity contribution in [2.75, 3.05) is 5.32 Å². The van der Waals surface area contributed by atoms with Gasteiger partial charge in [0.15, 0.2) is 5.69 Å². The third-order valence-corrected chi connectivity index (χ3v) is 5.95. The molecule has 1 aliphatic carbocycles. The molecule has 13 heteroatoms. The highest BCUT2D eigenvalue weighted by Gasteiger charge is 2.34. The van der Waals surface area contributed by atoms with E-state index in [2.05, 4.69) is 20.7 Å². The summed E-state index contributed by atoms with van der Waals surface area (Å²) in [5.74, 6) is -0.723. The predicted octanol–water partition coefficient (Wildman–Crippen LogP) is 5.52. The van der Waals surface area contributed by atoms with E-state index in [0.717, 1.165) is 12.3 Å². The number of alkyl halides is 5. The Morgan fingerprint density at radius 2 is 1.97 bits per heavy atom. The first kappa shape index (κ1) is 24.7. The Bertz CT molecular complexity index is 1300. The van der Waals surface area contributed by atoms with Crippen molar-refractivity contribution >= 4 is 34.1 Å². The third-order valence-electron chi connectivity index (χ3n) is 5.71. The average molecular weight is 513 g/mol. The fourth-order valence-corrected chi connectivity index (χ4v) is 4.31. The van der Waals surface area contributed by atoms with Crippen LogP contribution in [-0.4, -0.2) is 32.8 Å². The molecule has 7 nitrogen and oxygen atoms in total. The Hall–Kier alpha value is -3.46. The number of rotatable bonds is 5. The molecule has 2 atom stereocenters. The fraction of sp³-hybridized carbons (Fsp3) is 0.364. The minimum atomic E-state index is -4.64. The molecule has 0 saturated heterocycles. The van der Waals surface area contributed by atoms with Crippen LogP contribution >= 0.6 is 11.6 Å². The number of hydrogen-bond donors (Lipinski definition) is 2. The van der Waals surface area contributed by atoms with Crippen LogP contribution < -0.4 is 10.6 Å². The first-order chi connectivity index (χ1) is 16.5. The molecular formula is C22H18ClF5N6O. The van der Waals surface area contributed by atoms with Gasteiger partial charge in [0.1, 0.15) is 11.8 Å². The molecule has 4 rings (SSSR count). The lowest BCUT2D eigenvalue weighted by Crippen LogP contribution is -2.42. The van der Waals surface area contributed by atoms with E-state index in [0.29, 0.717) is 36.1 Å². The van der Waals surface area contributed by atoms with Crippen molar-refractivity contribution in [2.45, 2.75) is 50.5 Å². The Morgan fingerprint density at radius 1 is 1.23 bits per heavy atom. The van der Waals surface area contributed by atoms with Crippen LogP contribution in [0.4, 0.5) is 27.6 Å². The van der Waals surface area contributed by atoms with Crippen molar-refractivity contribution in [3.05, 3.63) is 52.4 Å². The Balaban J connectivity index is 1.53. The van der Waals surface area contributed by atoms with Crippen molar-refractivity contribution in [1.29, 1.82) is 5.26 Å². The lowest BCUT2D eigenvalue weighted by atomic mass is 9.90.